The van der Waals surface area contributed by atoms with Crippen LogP contribution in [0.15, 0.2) is 0 Å². The lowest BCUT2D eigenvalue weighted by Gasteiger charge is -2.01. The molecule has 1 aliphatic rings. The Morgan fingerprint density at radius 2 is 2.18 bits per heavy atom. The van der Waals surface area contributed by atoms with Crippen molar-refractivity contribution < 1.29 is 4.79 Å². The Bertz CT molecular complexity index is 134. The van der Waals surface area contributed by atoms with Gasteiger partial charge in [-0.1, -0.05) is 15.9 Å². The highest BCUT2D eigenvalue weighted by Gasteiger charge is 2.28. The first-order chi connectivity index (χ1) is 5.34. The van der Waals surface area contributed by atoms with Crippen molar-refractivity contribution in [2.45, 2.75) is 25.7 Å². The van der Waals surface area contributed by atoms with E-state index < -0.39 is 0 Å². The Labute approximate surface area is 75.9 Å². The summed E-state index contributed by atoms with van der Waals surface area (Å²) in [5.41, 5.74) is 0. The van der Waals surface area contributed by atoms with Gasteiger partial charge in [0.2, 0.25) is 5.91 Å². The van der Waals surface area contributed by atoms with Crippen LogP contribution in [0.5, 0.6) is 0 Å². The molecule has 0 saturated heterocycles. The smallest absolute Gasteiger partial charge is 0.223 e. The third-order valence-electron chi connectivity index (χ3n) is 1.81. The van der Waals surface area contributed by atoms with Gasteiger partial charge in [0.15, 0.2) is 0 Å². The van der Waals surface area contributed by atoms with Crippen LogP contribution < -0.4 is 5.32 Å². The lowest BCUT2D eigenvalue weighted by molar-refractivity contribution is -0.122. The highest BCUT2D eigenvalue weighted by Crippen LogP contribution is 2.28. The van der Waals surface area contributed by atoms with Crippen LogP contribution in [0, 0.1) is 5.92 Å². The molecule has 11 heavy (non-hydrogen) atoms. The maximum Gasteiger partial charge on any atom is 0.223 e. The maximum absolute atomic E-state index is 11.0. The third kappa shape index (κ3) is 3.75. The number of amides is 1. The summed E-state index contributed by atoms with van der Waals surface area (Å²) >= 11 is 3.35. The number of halogens is 1. The maximum atomic E-state index is 11.0. The molecule has 64 valence electrons. The minimum atomic E-state index is 0.263. The van der Waals surface area contributed by atoms with Gasteiger partial charge in [0.1, 0.15) is 0 Å². The summed E-state index contributed by atoms with van der Waals surface area (Å²) in [6, 6.07) is 0. The van der Waals surface area contributed by atoms with E-state index in [-0.39, 0.29) is 5.91 Å². The van der Waals surface area contributed by atoms with Gasteiger partial charge in [-0.05, 0) is 25.7 Å². The summed E-state index contributed by atoms with van der Waals surface area (Å²) in [4.78, 5) is 11.0. The summed E-state index contributed by atoms with van der Waals surface area (Å²) in [7, 11) is 0. The molecule has 1 aliphatic carbocycles. The Kier molecular flexibility index (Phi) is 3.91. The van der Waals surface area contributed by atoms with Gasteiger partial charge in [-0.25, -0.2) is 0 Å². The standard InChI is InChI=1S/C8H14BrNO/c9-5-1-2-6-10-8(11)7-3-4-7/h7H,1-6H2,(H,10,11). The minimum Gasteiger partial charge on any atom is -0.356 e. The molecular formula is C8H14BrNO. The number of hydrogen-bond acceptors (Lipinski definition) is 1. The number of nitrogens with one attached hydrogen (secondary N) is 1. The number of rotatable bonds is 5. The topological polar surface area (TPSA) is 29.1 Å². The first-order valence-corrected chi connectivity index (χ1v) is 5.30. The Morgan fingerprint density at radius 3 is 2.73 bits per heavy atom. The summed E-state index contributed by atoms with van der Waals surface area (Å²) in [6.07, 6.45) is 4.43. The highest BCUT2D eigenvalue weighted by atomic mass is 79.9. The van der Waals surface area contributed by atoms with Crippen LogP contribution in [0.4, 0.5) is 0 Å². The van der Waals surface area contributed by atoms with Gasteiger partial charge in [0.05, 0.1) is 0 Å². The van der Waals surface area contributed by atoms with Gasteiger partial charge in [-0.2, -0.15) is 0 Å². The van der Waals surface area contributed by atoms with E-state index in [9.17, 15) is 4.79 Å². The number of carbonyl (C=O) groups excluding carboxylic acids is 1. The molecule has 1 fully saturated rings. The molecule has 1 saturated carbocycles. The zero-order valence-electron chi connectivity index (χ0n) is 6.61. The summed E-state index contributed by atoms with van der Waals surface area (Å²) in [5, 5.41) is 3.95. The molecule has 1 rings (SSSR count). The SMILES string of the molecule is O=C(NCCCCBr)C1CC1. The van der Waals surface area contributed by atoms with E-state index in [1.807, 2.05) is 0 Å². The number of unbranched alkanes of at least 4 members (excludes halogenated alkanes) is 1. The van der Waals surface area contributed by atoms with E-state index in [4.69, 9.17) is 0 Å². The molecule has 1 amide bonds. The molecular weight excluding hydrogens is 206 g/mol. The number of carbonyl (C=O) groups is 1. The molecule has 1 N–H and O–H groups in total. The average Bonchev–Trinajstić information content (AvgIpc) is 2.79. The van der Waals surface area contributed by atoms with Crippen molar-refractivity contribution in [3.63, 3.8) is 0 Å². The molecule has 0 radical (unpaired) electrons. The van der Waals surface area contributed by atoms with Gasteiger partial charge in [0, 0.05) is 17.8 Å². The quantitative estimate of drug-likeness (QED) is 0.554. The van der Waals surface area contributed by atoms with E-state index >= 15 is 0 Å². The van der Waals surface area contributed by atoms with Crippen LogP contribution in [0.25, 0.3) is 0 Å². The first kappa shape index (κ1) is 9.04. The van der Waals surface area contributed by atoms with Crippen molar-refractivity contribution in [1.82, 2.24) is 5.32 Å². The lowest BCUT2D eigenvalue weighted by atomic mass is 10.3. The van der Waals surface area contributed by atoms with Crippen LogP contribution in [0.2, 0.25) is 0 Å². The first-order valence-electron chi connectivity index (χ1n) is 4.18. The second-order valence-electron chi connectivity index (χ2n) is 2.96. The van der Waals surface area contributed by atoms with Gasteiger partial charge >= 0.3 is 0 Å². The minimum absolute atomic E-state index is 0.263. The van der Waals surface area contributed by atoms with Crippen LogP contribution >= 0.6 is 15.9 Å². The summed E-state index contributed by atoms with van der Waals surface area (Å²) < 4.78 is 0. The zero-order valence-corrected chi connectivity index (χ0v) is 8.19. The lowest BCUT2D eigenvalue weighted by Crippen LogP contribution is -2.25. The van der Waals surface area contributed by atoms with Crippen molar-refractivity contribution in [1.29, 1.82) is 0 Å². The molecule has 3 heteroatoms. The van der Waals surface area contributed by atoms with Gasteiger partial charge < -0.3 is 5.32 Å². The number of hydrogen-bond donors (Lipinski definition) is 1. The Balaban J connectivity index is 1.89. The molecule has 0 bridgehead atoms. The molecule has 0 aromatic heterocycles. The van der Waals surface area contributed by atoms with Crippen molar-refractivity contribution in [2.75, 3.05) is 11.9 Å². The van der Waals surface area contributed by atoms with Crippen molar-refractivity contribution in [3.05, 3.63) is 0 Å². The van der Waals surface area contributed by atoms with E-state index in [0.29, 0.717) is 5.92 Å². The predicted molar refractivity (Wildman–Crippen MR) is 48.8 cm³/mol. The van der Waals surface area contributed by atoms with Crippen molar-refractivity contribution >= 4 is 21.8 Å². The largest absolute Gasteiger partial charge is 0.356 e. The van der Waals surface area contributed by atoms with Gasteiger partial charge in [0.25, 0.3) is 0 Å². The summed E-state index contributed by atoms with van der Waals surface area (Å²) in [5.74, 6) is 0.624. The number of alkyl halides is 1. The zero-order chi connectivity index (χ0) is 8.10. The molecule has 2 nitrogen and oxygen atoms in total. The van der Waals surface area contributed by atoms with Gasteiger partial charge in [-0.15, -0.1) is 0 Å². The van der Waals surface area contributed by atoms with Crippen molar-refractivity contribution in [3.8, 4) is 0 Å². The fraction of sp³-hybridized carbons (Fsp3) is 0.875. The second kappa shape index (κ2) is 4.75. The molecule has 0 unspecified atom stereocenters. The monoisotopic (exact) mass is 219 g/mol. The Hall–Kier alpha value is -0.0500. The van der Waals surface area contributed by atoms with E-state index in [1.165, 1.54) is 0 Å². The molecule has 0 aromatic carbocycles. The van der Waals surface area contributed by atoms with Crippen molar-refractivity contribution in [2.24, 2.45) is 5.92 Å². The third-order valence-corrected chi connectivity index (χ3v) is 2.37. The molecule has 0 atom stereocenters. The van der Waals surface area contributed by atoms with E-state index in [2.05, 4.69) is 21.2 Å². The fourth-order valence-corrected chi connectivity index (χ4v) is 1.32. The molecule has 0 aromatic rings. The highest BCUT2D eigenvalue weighted by molar-refractivity contribution is 9.09. The Morgan fingerprint density at radius 1 is 1.45 bits per heavy atom. The van der Waals surface area contributed by atoms with Crippen LogP contribution in [-0.4, -0.2) is 17.8 Å². The molecule has 0 spiro atoms. The van der Waals surface area contributed by atoms with Crippen LogP contribution in [0.1, 0.15) is 25.7 Å². The second-order valence-corrected chi connectivity index (χ2v) is 3.75. The van der Waals surface area contributed by atoms with E-state index in [0.717, 1.165) is 37.6 Å². The van der Waals surface area contributed by atoms with Crippen LogP contribution in [0.3, 0.4) is 0 Å². The van der Waals surface area contributed by atoms with Crippen LogP contribution in [-0.2, 0) is 4.79 Å². The average molecular weight is 220 g/mol. The normalized spacial score (nSPS) is 16.5. The van der Waals surface area contributed by atoms with E-state index in [1.54, 1.807) is 0 Å². The fourth-order valence-electron chi connectivity index (χ4n) is 0.921. The van der Waals surface area contributed by atoms with Gasteiger partial charge in [-0.3, -0.25) is 4.79 Å². The molecule has 0 heterocycles. The predicted octanol–water partition coefficient (Wildman–Crippen LogP) is 1.69. The molecule has 0 aliphatic heterocycles. The summed E-state index contributed by atoms with van der Waals surface area (Å²) in [6.45, 7) is 0.848.